The molecule has 2 aromatic carbocycles. The quantitative estimate of drug-likeness (QED) is 0.512. The largest absolute Gasteiger partial charge is 0.489 e. The SMILES string of the molecule is CCCC1=Nc2[nH]ncc2C(c2ccccc2OCc2ccccc2)C1C(=O)OCC. The maximum Gasteiger partial charge on any atom is 0.315 e. The summed E-state index contributed by atoms with van der Waals surface area (Å²) in [5, 5.41) is 7.20. The van der Waals surface area contributed by atoms with Crippen molar-refractivity contribution in [2.45, 2.75) is 39.2 Å². The highest BCUT2D eigenvalue weighted by Crippen LogP contribution is 2.45. The van der Waals surface area contributed by atoms with Crippen LogP contribution in [-0.4, -0.2) is 28.5 Å². The summed E-state index contributed by atoms with van der Waals surface area (Å²) in [6, 6.07) is 17.9. The number of rotatable bonds is 8. The van der Waals surface area contributed by atoms with Crippen LogP contribution in [0, 0.1) is 5.92 Å². The molecule has 1 N–H and O–H groups in total. The Hall–Kier alpha value is -3.41. The first-order chi connectivity index (χ1) is 15.2. The normalized spacial score (nSPS) is 17.5. The number of para-hydroxylation sites is 1. The van der Waals surface area contributed by atoms with Crippen LogP contribution in [0.5, 0.6) is 5.75 Å². The van der Waals surface area contributed by atoms with Crippen LogP contribution >= 0.6 is 0 Å². The molecule has 6 heteroatoms. The number of hydrogen-bond acceptors (Lipinski definition) is 5. The molecule has 31 heavy (non-hydrogen) atoms. The van der Waals surface area contributed by atoms with E-state index in [0.717, 1.165) is 34.6 Å². The highest BCUT2D eigenvalue weighted by atomic mass is 16.5. The van der Waals surface area contributed by atoms with Gasteiger partial charge in [0.2, 0.25) is 0 Å². The van der Waals surface area contributed by atoms with Gasteiger partial charge in [-0.05, 0) is 25.0 Å². The van der Waals surface area contributed by atoms with Gasteiger partial charge in [-0.3, -0.25) is 9.89 Å². The molecule has 1 aliphatic heterocycles. The van der Waals surface area contributed by atoms with Gasteiger partial charge in [-0.25, -0.2) is 4.99 Å². The van der Waals surface area contributed by atoms with Crippen molar-refractivity contribution in [2.75, 3.05) is 6.61 Å². The fraction of sp³-hybridized carbons (Fsp3) is 0.320. The molecule has 160 valence electrons. The molecule has 0 amide bonds. The number of hydrogen-bond donors (Lipinski definition) is 1. The van der Waals surface area contributed by atoms with Gasteiger partial charge in [0.15, 0.2) is 5.82 Å². The second-order valence-electron chi connectivity index (χ2n) is 7.55. The van der Waals surface area contributed by atoms with E-state index < -0.39 is 5.92 Å². The standard InChI is InChI=1S/C25H27N3O3/c1-3-10-20-23(25(29)30-4-2)22(19-15-26-28-24(19)27-20)18-13-8-9-14-21(18)31-16-17-11-6-5-7-12-17/h5-9,11-15,22-23H,3-4,10,16H2,1-2H3,(H,26,28). The number of aromatic amines is 1. The Morgan fingerprint density at radius 3 is 2.58 bits per heavy atom. The summed E-state index contributed by atoms with van der Waals surface area (Å²) in [6.45, 7) is 4.68. The van der Waals surface area contributed by atoms with Crippen molar-refractivity contribution in [1.29, 1.82) is 0 Å². The van der Waals surface area contributed by atoms with Crippen molar-refractivity contribution in [3.63, 3.8) is 0 Å². The van der Waals surface area contributed by atoms with Crippen molar-refractivity contribution >= 4 is 17.5 Å². The first kappa shape index (κ1) is 20.8. The van der Waals surface area contributed by atoms with E-state index in [1.54, 1.807) is 6.20 Å². The molecule has 0 aliphatic carbocycles. The zero-order chi connectivity index (χ0) is 21.6. The average Bonchev–Trinajstić information content (AvgIpc) is 3.26. The first-order valence-electron chi connectivity index (χ1n) is 10.8. The lowest BCUT2D eigenvalue weighted by Crippen LogP contribution is -2.34. The zero-order valence-electron chi connectivity index (χ0n) is 17.9. The average molecular weight is 418 g/mol. The van der Waals surface area contributed by atoms with Gasteiger partial charge in [0.05, 0.1) is 12.8 Å². The lowest BCUT2D eigenvalue weighted by Gasteiger charge is -2.31. The fourth-order valence-electron chi connectivity index (χ4n) is 4.11. The number of benzene rings is 2. The van der Waals surface area contributed by atoms with E-state index in [-0.39, 0.29) is 11.9 Å². The minimum atomic E-state index is -0.508. The summed E-state index contributed by atoms with van der Waals surface area (Å²) in [4.78, 5) is 17.9. The summed E-state index contributed by atoms with van der Waals surface area (Å²) < 4.78 is 11.7. The van der Waals surface area contributed by atoms with Gasteiger partial charge in [0, 0.05) is 22.8 Å². The van der Waals surface area contributed by atoms with Gasteiger partial charge < -0.3 is 9.47 Å². The van der Waals surface area contributed by atoms with Gasteiger partial charge in [0.1, 0.15) is 18.3 Å². The van der Waals surface area contributed by atoms with E-state index in [0.29, 0.717) is 25.5 Å². The number of nitrogens with zero attached hydrogens (tertiary/aromatic N) is 2. The van der Waals surface area contributed by atoms with E-state index in [2.05, 4.69) is 17.1 Å². The Labute approximate surface area is 182 Å². The third-order valence-corrected chi connectivity index (χ3v) is 5.47. The Morgan fingerprint density at radius 1 is 1.03 bits per heavy atom. The first-order valence-corrected chi connectivity index (χ1v) is 10.8. The number of H-pyrrole nitrogens is 1. The third kappa shape index (κ3) is 4.38. The minimum Gasteiger partial charge on any atom is -0.489 e. The van der Waals surface area contributed by atoms with Crippen LogP contribution in [0.4, 0.5) is 5.82 Å². The number of ether oxygens (including phenoxy) is 2. The number of esters is 1. The molecular formula is C25H27N3O3. The molecule has 1 aromatic heterocycles. The highest BCUT2D eigenvalue weighted by Gasteiger charge is 2.41. The zero-order valence-corrected chi connectivity index (χ0v) is 17.9. The van der Waals surface area contributed by atoms with Crippen molar-refractivity contribution in [1.82, 2.24) is 10.2 Å². The Balaban J connectivity index is 1.75. The topological polar surface area (TPSA) is 76.6 Å². The van der Waals surface area contributed by atoms with E-state index in [1.807, 2.05) is 61.5 Å². The number of carbonyl (C=O) groups excluding carboxylic acids is 1. The van der Waals surface area contributed by atoms with Gasteiger partial charge in [-0.2, -0.15) is 5.10 Å². The third-order valence-electron chi connectivity index (χ3n) is 5.47. The number of nitrogens with one attached hydrogen (secondary N) is 1. The van der Waals surface area contributed by atoms with Crippen LogP contribution in [-0.2, 0) is 16.1 Å². The molecule has 0 saturated carbocycles. The van der Waals surface area contributed by atoms with Crippen molar-refractivity contribution in [2.24, 2.45) is 10.9 Å². The summed E-state index contributed by atoms with van der Waals surface area (Å²) in [5.74, 6) is 0.400. The molecule has 3 aromatic rings. The van der Waals surface area contributed by atoms with Crippen LogP contribution in [0.3, 0.4) is 0 Å². The van der Waals surface area contributed by atoms with Crippen LogP contribution in [0.1, 0.15) is 49.3 Å². The van der Waals surface area contributed by atoms with E-state index in [9.17, 15) is 4.79 Å². The predicted octanol–water partition coefficient (Wildman–Crippen LogP) is 5.19. The summed E-state index contributed by atoms with van der Waals surface area (Å²) in [7, 11) is 0. The molecule has 6 nitrogen and oxygen atoms in total. The number of aliphatic imine (C=N–C) groups is 1. The number of fused-ring (bicyclic) bond motifs is 1. The fourth-order valence-corrected chi connectivity index (χ4v) is 4.11. The maximum absolute atomic E-state index is 13.1. The smallest absolute Gasteiger partial charge is 0.315 e. The summed E-state index contributed by atoms with van der Waals surface area (Å²) in [6.07, 6.45) is 3.36. The summed E-state index contributed by atoms with van der Waals surface area (Å²) >= 11 is 0. The van der Waals surface area contributed by atoms with Gasteiger partial charge in [-0.1, -0.05) is 61.9 Å². The Bertz CT molecular complexity index is 1060. The molecule has 2 atom stereocenters. The van der Waals surface area contributed by atoms with E-state index >= 15 is 0 Å². The van der Waals surface area contributed by atoms with Crippen molar-refractivity contribution < 1.29 is 14.3 Å². The van der Waals surface area contributed by atoms with E-state index in [4.69, 9.17) is 14.5 Å². The molecule has 2 unspecified atom stereocenters. The molecule has 0 saturated heterocycles. The van der Waals surface area contributed by atoms with Crippen LogP contribution in [0.25, 0.3) is 0 Å². The Kier molecular flexibility index (Phi) is 6.46. The maximum atomic E-state index is 13.1. The predicted molar refractivity (Wildman–Crippen MR) is 120 cm³/mol. The van der Waals surface area contributed by atoms with Crippen LogP contribution in [0.15, 0.2) is 65.8 Å². The number of carbonyl (C=O) groups is 1. The van der Waals surface area contributed by atoms with Gasteiger partial charge in [0.25, 0.3) is 0 Å². The molecule has 4 rings (SSSR count). The minimum absolute atomic E-state index is 0.260. The second-order valence-corrected chi connectivity index (χ2v) is 7.55. The molecule has 2 heterocycles. The van der Waals surface area contributed by atoms with Crippen LogP contribution < -0.4 is 4.74 Å². The lowest BCUT2D eigenvalue weighted by atomic mass is 9.76. The van der Waals surface area contributed by atoms with Crippen molar-refractivity contribution in [3.05, 3.63) is 77.5 Å². The van der Waals surface area contributed by atoms with Crippen LogP contribution in [0.2, 0.25) is 0 Å². The second kappa shape index (κ2) is 9.60. The summed E-state index contributed by atoms with van der Waals surface area (Å²) in [5.41, 5.74) is 3.72. The Morgan fingerprint density at radius 2 is 1.81 bits per heavy atom. The molecule has 0 spiro atoms. The van der Waals surface area contributed by atoms with E-state index in [1.165, 1.54) is 0 Å². The highest BCUT2D eigenvalue weighted by molar-refractivity contribution is 6.06. The monoisotopic (exact) mass is 417 g/mol. The molecule has 0 fully saturated rings. The van der Waals surface area contributed by atoms with Gasteiger partial charge >= 0.3 is 5.97 Å². The lowest BCUT2D eigenvalue weighted by molar-refractivity contribution is -0.146. The molecular weight excluding hydrogens is 390 g/mol. The number of aromatic nitrogens is 2. The molecule has 0 radical (unpaired) electrons. The molecule has 0 bridgehead atoms. The van der Waals surface area contributed by atoms with Crippen molar-refractivity contribution in [3.8, 4) is 5.75 Å². The molecule has 1 aliphatic rings. The van der Waals surface area contributed by atoms with Gasteiger partial charge in [-0.15, -0.1) is 0 Å².